The molecular formula is C15H26O7. The van der Waals surface area contributed by atoms with Crippen molar-refractivity contribution in [3.05, 3.63) is 24.3 Å². The fourth-order valence-electron chi connectivity index (χ4n) is 0.855. The van der Waals surface area contributed by atoms with Gasteiger partial charge in [0.1, 0.15) is 6.61 Å². The summed E-state index contributed by atoms with van der Waals surface area (Å²) in [6.45, 7) is 10.9. The van der Waals surface area contributed by atoms with E-state index in [-0.39, 0.29) is 30.5 Å². The summed E-state index contributed by atoms with van der Waals surface area (Å²) in [7, 11) is 0. The average Bonchev–Trinajstić information content (AvgIpc) is 2.42. The first-order valence-electron chi connectivity index (χ1n) is 6.74. The van der Waals surface area contributed by atoms with E-state index < -0.39 is 24.6 Å². The Morgan fingerprint density at radius 1 is 1.09 bits per heavy atom. The molecule has 0 aliphatic heterocycles. The number of aliphatic hydroxyl groups excluding tert-OH is 3. The van der Waals surface area contributed by atoms with Crippen LogP contribution in [-0.4, -0.2) is 59.3 Å². The first-order chi connectivity index (χ1) is 10.1. The molecule has 2 unspecified atom stereocenters. The summed E-state index contributed by atoms with van der Waals surface area (Å²) in [4.78, 5) is 22.1. The molecule has 0 aromatic rings. The highest BCUT2D eigenvalue weighted by Gasteiger charge is 2.16. The van der Waals surface area contributed by atoms with E-state index in [2.05, 4.69) is 13.2 Å². The molecule has 0 bridgehead atoms. The van der Waals surface area contributed by atoms with Crippen molar-refractivity contribution in [1.82, 2.24) is 0 Å². The van der Waals surface area contributed by atoms with Gasteiger partial charge < -0.3 is 24.8 Å². The van der Waals surface area contributed by atoms with Crippen LogP contribution in [0.25, 0.3) is 0 Å². The predicted molar refractivity (Wildman–Crippen MR) is 80.9 cm³/mol. The van der Waals surface area contributed by atoms with Crippen LogP contribution in [0.2, 0.25) is 0 Å². The van der Waals surface area contributed by atoms with Gasteiger partial charge in [0.2, 0.25) is 0 Å². The number of aliphatic hydroxyl groups is 3. The maximum absolute atomic E-state index is 11.1. The minimum absolute atomic E-state index is 0.0810. The van der Waals surface area contributed by atoms with Crippen LogP contribution >= 0.6 is 0 Å². The lowest BCUT2D eigenvalue weighted by Crippen LogP contribution is -2.28. The second kappa shape index (κ2) is 13.0. The van der Waals surface area contributed by atoms with Crippen molar-refractivity contribution in [2.45, 2.75) is 39.4 Å². The van der Waals surface area contributed by atoms with Crippen LogP contribution in [0, 0.1) is 0 Å². The second-order valence-electron chi connectivity index (χ2n) is 4.73. The van der Waals surface area contributed by atoms with Gasteiger partial charge in [-0.05, 0) is 27.2 Å². The van der Waals surface area contributed by atoms with E-state index >= 15 is 0 Å². The Kier molecular flexibility index (Phi) is 13.3. The molecule has 0 heterocycles. The van der Waals surface area contributed by atoms with Crippen LogP contribution in [0.4, 0.5) is 0 Å². The van der Waals surface area contributed by atoms with Crippen molar-refractivity contribution >= 4 is 11.9 Å². The zero-order chi connectivity index (χ0) is 17.7. The second-order valence-corrected chi connectivity index (χ2v) is 4.73. The minimum atomic E-state index is -0.882. The van der Waals surface area contributed by atoms with Gasteiger partial charge in [0.25, 0.3) is 0 Å². The standard InChI is InChI=1S/C11H16O5.C4H10O2/c1-7(2)10(13)15-6-9(5-12)16-11(14)8(3)4;1-4(6)2-3-5/h9,12H,1,3,5-6H2,2,4H3;4-6H,2-3H2,1H3. The van der Waals surface area contributed by atoms with Crippen molar-refractivity contribution in [3.8, 4) is 0 Å². The number of esters is 2. The maximum Gasteiger partial charge on any atom is 0.333 e. The van der Waals surface area contributed by atoms with Crippen LogP contribution < -0.4 is 0 Å². The molecule has 0 aliphatic carbocycles. The molecule has 7 heteroatoms. The lowest BCUT2D eigenvalue weighted by molar-refractivity contribution is -0.156. The van der Waals surface area contributed by atoms with Gasteiger partial charge in [-0.3, -0.25) is 0 Å². The summed E-state index contributed by atoms with van der Waals surface area (Å²) in [6.07, 6.45) is -0.748. The first-order valence-corrected chi connectivity index (χ1v) is 6.74. The third-order valence-electron chi connectivity index (χ3n) is 2.12. The number of hydrogen-bond acceptors (Lipinski definition) is 7. The van der Waals surface area contributed by atoms with Crippen molar-refractivity contribution in [3.63, 3.8) is 0 Å². The van der Waals surface area contributed by atoms with Crippen LogP contribution in [0.5, 0.6) is 0 Å². The molecule has 0 amide bonds. The van der Waals surface area contributed by atoms with Gasteiger partial charge in [-0.25, -0.2) is 9.59 Å². The first kappa shape index (κ1) is 22.6. The molecule has 0 radical (unpaired) electrons. The summed E-state index contributed by atoms with van der Waals surface area (Å²) >= 11 is 0. The fourth-order valence-corrected chi connectivity index (χ4v) is 0.855. The van der Waals surface area contributed by atoms with Crippen molar-refractivity contribution in [2.24, 2.45) is 0 Å². The monoisotopic (exact) mass is 318 g/mol. The van der Waals surface area contributed by atoms with Gasteiger partial charge in [0, 0.05) is 17.8 Å². The minimum Gasteiger partial charge on any atom is -0.458 e. The summed E-state index contributed by atoms with van der Waals surface area (Å²) in [5.74, 6) is -1.23. The Morgan fingerprint density at radius 2 is 1.59 bits per heavy atom. The fraction of sp³-hybridized carbons (Fsp3) is 0.600. The van der Waals surface area contributed by atoms with E-state index in [0.29, 0.717) is 6.42 Å². The Labute approximate surface area is 130 Å². The van der Waals surface area contributed by atoms with E-state index in [1.807, 2.05) is 0 Å². The lowest BCUT2D eigenvalue weighted by atomic mass is 10.3. The zero-order valence-corrected chi connectivity index (χ0v) is 13.4. The van der Waals surface area contributed by atoms with Gasteiger partial charge in [0.05, 0.1) is 12.7 Å². The molecule has 0 saturated heterocycles. The average molecular weight is 318 g/mol. The summed E-state index contributed by atoms with van der Waals surface area (Å²) in [5.41, 5.74) is 0.451. The Bertz CT molecular complexity index is 374. The van der Waals surface area contributed by atoms with E-state index in [1.165, 1.54) is 13.8 Å². The molecule has 128 valence electrons. The van der Waals surface area contributed by atoms with Crippen LogP contribution in [0.1, 0.15) is 27.2 Å². The molecule has 0 aromatic carbocycles. The van der Waals surface area contributed by atoms with Gasteiger partial charge in [-0.2, -0.15) is 0 Å². The molecule has 0 saturated carbocycles. The van der Waals surface area contributed by atoms with E-state index in [9.17, 15) is 9.59 Å². The summed E-state index contributed by atoms with van der Waals surface area (Å²) in [5, 5.41) is 25.4. The molecule has 2 atom stereocenters. The highest BCUT2D eigenvalue weighted by atomic mass is 16.6. The Hall–Kier alpha value is -1.70. The molecule has 0 spiro atoms. The highest BCUT2D eigenvalue weighted by molar-refractivity contribution is 5.87. The summed E-state index contributed by atoms with van der Waals surface area (Å²) in [6, 6.07) is 0. The third kappa shape index (κ3) is 13.3. The summed E-state index contributed by atoms with van der Waals surface area (Å²) < 4.78 is 9.53. The molecular weight excluding hydrogens is 292 g/mol. The Balaban J connectivity index is 0. The van der Waals surface area contributed by atoms with Crippen molar-refractivity contribution < 1.29 is 34.4 Å². The largest absolute Gasteiger partial charge is 0.458 e. The van der Waals surface area contributed by atoms with Gasteiger partial charge in [-0.15, -0.1) is 0 Å². The molecule has 22 heavy (non-hydrogen) atoms. The van der Waals surface area contributed by atoms with Crippen LogP contribution in [0.3, 0.4) is 0 Å². The molecule has 0 fully saturated rings. The molecule has 3 N–H and O–H groups in total. The van der Waals surface area contributed by atoms with Gasteiger partial charge in [0.15, 0.2) is 6.10 Å². The number of carbonyl (C=O) groups is 2. The molecule has 7 nitrogen and oxygen atoms in total. The van der Waals surface area contributed by atoms with E-state index in [0.717, 1.165) is 0 Å². The quantitative estimate of drug-likeness (QED) is 0.437. The highest BCUT2D eigenvalue weighted by Crippen LogP contribution is 2.01. The Morgan fingerprint density at radius 3 is 1.86 bits per heavy atom. The number of rotatable bonds is 8. The van der Waals surface area contributed by atoms with Gasteiger partial charge in [-0.1, -0.05) is 13.2 Å². The van der Waals surface area contributed by atoms with Crippen LogP contribution in [0.15, 0.2) is 24.3 Å². The maximum atomic E-state index is 11.1. The molecule has 0 rings (SSSR count). The van der Waals surface area contributed by atoms with E-state index in [1.54, 1.807) is 6.92 Å². The van der Waals surface area contributed by atoms with Crippen LogP contribution in [-0.2, 0) is 19.1 Å². The topological polar surface area (TPSA) is 113 Å². The zero-order valence-electron chi connectivity index (χ0n) is 13.4. The van der Waals surface area contributed by atoms with E-state index in [4.69, 9.17) is 24.8 Å². The van der Waals surface area contributed by atoms with Crippen molar-refractivity contribution in [1.29, 1.82) is 0 Å². The van der Waals surface area contributed by atoms with Crippen molar-refractivity contribution in [2.75, 3.05) is 19.8 Å². The normalized spacial score (nSPS) is 12.3. The molecule has 0 aromatic heterocycles. The molecule has 0 aliphatic rings. The third-order valence-corrected chi connectivity index (χ3v) is 2.12. The number of carbonyl (C=O) groups excluding carboxylic acids is 2. The number of hydrogen-bond donors (Lipinski definition) is 3. The van der Waals surface area contributed by atoms with Gasteiger partial charge >= 0.3 is 11.9 Å². The smallest absolute Gasteiger partial charge is 0.333 e. The lowest BCUT2D eigenvalue weighted by Gasteiger charge is -2.15. The SMILES string of the molecule is C=C(C)C(=O)OCC(CO)OC(=O)C(=C)C.CC(O)CCO. The number of ether oxygens (including phenoxy) is 2. The predicted octanol–water partition coefficient (Wildman–Crippen LogP) is 0.335.